The largest absolute Gasteiger partial charge is 0.285 e. The Morgan fingerprint density at radius 3 is 2.07 bits per heavy atom. The van der Waals surface area contributed by atoms with Crippen molar-refractivity contribution in [1.82, 2.24) is 9.97 Å². The summed E-state index contributed by atoms with van der Waals surface area (Å²) in [5, 5.41) is 0.0664. The number of aryl methyl sites for hydroxylation is 1. The van der Waals surface area contributed by atoms with Gasteiger partial charge in [-0.05, 0) is 41.8 Å². The van der Waals surface area contributed by atoms with Gasteiger partial charge < -0.3 is 0 Å². The van der Waals surface area contributed by atoms with E-state index in [9.17, 15) is 21.4 Å². The molecule has 7 nitrogen and oxygen atoms in total. The third-order valence-electron chi connectivity index (χ3n) is 4.49. The first-order valence-corrected chi connectivity index (χ1v) is 12.8. The Hall–Kier alpha value is -2.33. The van der Waals surface area contributed by atoms with Crippen LogP contribution in [0.5, 0.6) is 0 Å². The van der Waals surface area contributed by atoms with Crippen LogP contribution in [0.25, 0.3) is 22.4 Å². The first-order chi connectivity index (χ1) is 14.0. The summed E-state index contributed by atoms with van der Waals surface area (Å²) in [4.78, 5) is 8.86. The van der Waals surface area contributed by atoms with E-state index in [2.05, 4.69) is 9.97 Å². The summed E-state index contributed by atoms with van der Waals surface area (Å²) < 4.78 is 56.3. The number of sulfone groups is 1. The highest BCUT2D eigenvalue weighted by Gasteiger charge is 2.22. The smallest absolute Gasteiger partial charge is 0.269 e. The van der Waals surface area contributed by atoms with Gasteiger partial charge in [0.05, 0.1) is 15.6 Å². The Balaban J connectivity index is 2.29. The second-order valence-electron chi connectivity index (χ2n) is 6.72. The average Bonchev–Trinajstić information content (AvgIpc) is 2.68. The lowest BCUT2D eigenvalue weighted by Crippen LogP contribution is -2.06. The standard InChI is InChI=1S/C20H19ClN2O5S2/c1-3-15-7-4-14(10-22-15)20-19(13-5-8-16(9-6-13)29(2,24)25)17(12-30(26,27)28)18(21)11-23-20/h4-11H,3,12H2,1-2H3,(H,26,27,28). The molecule has 3 rings (SSSR count). The minimum Gasteiger partial charge on any atom is -0.285 e. The van der Waals surface area contributed by atoms with Crippen LogP contribution >= 0.6 is 11.6 Å². The van der Waals surface area contributed by atoms with E-state index in [-0.39, 0.29) is 15.5 Å². The molecule has 0 atom stereocenters. The van der Waals surface area contributed by atoms with Crippen molar-refractivity contribution in [3.05, 3.63) is 65.1 Å². The topological polar surface area (TPSA) is 114 Å². The van der Waals surface area contributed by atoms with Crippen LogP contribution in [-0.2, 0) is 32.1 Å². The number of benzene rings is 1. The molecule has 0 fully saturated rings. The van der Waals surface area contributed by atoms with Gasteiger partial charge >= 0.3 is 0 Å². The molecule has 30 heavy (non-hydrogen) atoms. The third kappa shape index (κ3) is 5.04. The van der Waals surface area contributed by atoms with Crippen molar-refractivity contribution in [2.75, 3.05) is 6.26 Å². The van der Waals surface area contributed by atoms with E-state index in [1.165, 1.54) is 18.3 Å². The van der Waals surface area contributed by atoms with Crippen molar-refractivity contribution >= 4 is 31.6 Å². The molecule has 1 aromatic carbocycles. The van der Waals surface area contributed by atoms with E-state index < -0.39 is 25.7 Å². The molecule has 0 saturated carbocycles. The Labute approximate surface area is 180 Å². The fourth-order valence-corrected chi connectivity index (χ4v) is 4.61. The summed E-state index contributed by atoms with van der Waals surface area (Å²) in [6.07, 6.45) is 4.79. The molecule has 0 aliphatic heterocycles. The van der Waals surface area contributed by atoms with Gasteiger partial charge in [0.25, 0.3) is 10.1 Å². The van der Waals surface area contributed by atoms with Gasteiger partial charge in [0.15, 0.2) is 9.84 Å². The SMILES string of the molecule is CCc1ccc(-c2ncc(Cl)c(CS(=O)(=O)O)c2-c2ccc(S(C)(=O)=O)cc2)cn1. The Morgan fingerprint density at radius 2 is 1.57 bits per heavy atom. The summed E-state index contributed by atoms with van der Waals surface area (Å²) in [6.45, 7) is 1.97. The highest BCUT2D eigenvalue weighted by Crippen LogP contribution is 2.38. The maximum absolute atomic E-state index is 11.8. The van der Waals surface area contributed by atoms with Gasteiger partial charge in [0.2, 0.25) is 0 Å². The number of nitrogens with zero attached hydrogens (tertiary/aromatic N) is 2. The first kappa shape index (κ1) is 22.4. The second kappa shape index (κ2) is 8.43. The normalized spacial score (nSPS) is 12.1. The predicted octanol–water partition coefficient (Wildman–Crippen LogP) is 3.82. The molecule has 3 aromatic rings. The van der Waals surface area contributed by atoms with Gasteiger partial charge in [-0.15, -0.1) is 0 Å². The fourth-order valence-electron chi connectivity index (χ4n) is 3.02. The third-order valence-corrected chi connectivity index (χ3v) is 6.60. The number of halogens is 1. The summed E-state index contributed by atoms with van der Waals surface area (Å²) >= 11 is 6.25. The van der Waals surface area contributed by atoms with Crippen LogP contribution in [0.2, 0.25) is 5.02 Å². The van der Waals surface area contributed by atoms with E-state index in [4.69, 9.17) is 11.6 Å². The van der Waals surface area contributed by atoms with Gasteiger partial charge in [-0.3, -0.25) is 14.5 Å². The number of hydrogen-bond acceptors (Lipinski definition) is 6. The quantitative estimate of drug-likeness (QED) is 0.549. The molecule has 0 bridgehead atoms. The maximum Gasteiger partial charge on any atom is 0.269 e. The molecule has 0 amide bonds. The lowest BCUT2D eigenvalue weighted by molar-refractivity contribution is 0.482. The van der Waals surface area contributed by atoms with E-state index in [1.54, 1.807) is 18.3 Å². The number of rotatable bonds is 6. The zero-order valence-corrected chi connectivity index (χ0v) is 18.6. The van der Waals surface area contributed by atoms with Crippen LogP contribution in [0.15, 0.2) is 53.7 Å². The molecule has 158 valence electrons. The lowest BCUT2D eigenvalue weighted by atomic mass is 9.96. The highest BCUT2D eigenvalue weighted by molar-refractivity contribution is 7.90. The molecule has 2 aromatic heterocycles. The Morgan fingerprint density at radius 1 is 0.933 bits per heavy atom. The zero-order chi connectivity index (χ0) is 22.1. The van der Waals surface area contributed by atoms with Crippen LogP contribution in [0, 0.1) is 0 Å². The minimum absolute atomic E-state index is 0.0664. The molecule has 0 saturated heterocycles. The van der Waals surface area contributed by atoms with Crippen molar-refractivity contribution in [3.63, 3.8) is 0 Å². The summed E-state index contributed by atoms with van der Waals surface area (Å²) in [6, 6.07) is 9.59. The van der Waals surface area contributed by atoms with Gasteiger partial charge in [-0.2, -0.15) is 8.42 Å². The summed E-state index contributed by atoms with van der Waals surface area (Å²) in [7, 11) is -7.80. The van der Waals surface area contributed by atoms with Crippen LogP contribution in [0.4, 0.5) is 0 Å². The van der Waals surface area contributed by atoms with E-state index in [1.807, 2.05) is 19.1 Å². The van der Waals surface area contributed by atoms with Crippen LogP contribution < -0.4 is 0 Å². The molecule has 0 aliphatic rings. The molecular weight excluding hydrogens is 448 g/mol. The molecular formula is C20H19ClN2O5S2. The van der Waals surface area contributed by atoms with Gasteiger partial charge in [0, 0.05) is 35.5 Å². The van der Waals surface area contributed by atoms with Crippen molar-refractivity contribution < 1.29 is 21.4 Å². The molecule has 10 heteroatoms. The van der Waals surface area contributed by atoms with E-state index in [0.717, 1.165) is 18.4 Å². The first-order valence-electron chi connectivity index (χ1n) is 8.88. The molecule has 1 N–H and O–H groups in total. The van der Waals surface area contributed by atoms with Crippen LogP contribution in [0.1, 0.15) is 18.2 Å². The van der Waals surface area contributed by atoms with Crippen molar-refractivity contribution in [3.8, 4) is 22.4 Å². The van der Waals surface area contributed by atoms with Crippen molar-refractivity contribution in [2.45, 2.75) is 24.0 Å². The fraction of sp³-hybridized carbons (Fsp3) is 0.200. The highest BCUT2D eigenvalue weighted by atomic mass is 35.5. The van der Waals surface area contributed by atoms with Crippen LogP contribution in [0.3, 0.4) is 0 Å². The van der Waals surface area contributed by atoms with Crippen LogP contribution in [-0.4, -0.2) is 37.6 Å². The maximum atomic E-state index is 11.8. The van der Waals surface area contributed by atoms with Crippen molar-refractivity contribution in [1.29, 1.82) is 0 Å². The van der Waals surface area contributed by atoms with E-state index in [0.29, 0.717) is 22.4 Å². The molecule has 2 heterocycles. The van der Waals surface area contributed by atoms with E-state index >= 15 is 0 Å². The molecule has 0 aliphatic carbocycles. The summed E-state index contributed by atoms with van der Waals surface area (Å²) in [5.74, 6) is -0.717. The van der Waals surface area contributed by atoms with Crippen molar-refractivity contribution in [2.24, 2.45) is 0 Å². The second-order valence-corrected chi connectivity index (χ2v) is 10.6. The summed E-state index contributed by atoms with van der Waals surface area (Å²) in [5.41, 5.74) is 2.97. The Kier molecular flexibility index (Phi) is 6.28. The molecule has 0 spiro atoms. The Bertz CT molecular complexity index is 1290. The molecule has 0 unspecified atom stereocenters. The molecule has 0 radical (unpaired) electrons. The average molecular weight is 467 g/mol. The lowest BCUT2D eigenvalue weighted by Gasteiger charge is -2.16. The number of hydrogen-bond donors (Lipinski definition) is 1. The van der Waals surface area contributed by atoms with Gasteiger partial charge in [0.1, 0.15) is 5.75 Å². The van der Waals surface area contributed by atoms with Gasteiger partial charge in [-0.25, -0.2) is 8.42 Å². The monoisotopic (exact) mass is 466 g/mol. The number of aromatic nitrogens is 2. The predicted molar refractivity (Wildman–Crippen MR) is 116 cm³/mol. The number of pyridine rings is 2. The van der Waals surface area contributed by atoms with Gasteiger partial charge in [-0.1, -0.05) is 30.7 Å². The zero-order valence-electron chi connectivity index (χ0n) is 16.2. The minimum atomic E-state index is -4.39.